The van der Waals surface area contributed by atoms with Crippen molar-refractivity contribution in [2.45, 2.75) is 32.1 Å². The summed E-state index contributed by atoms with van der Waals surface area (Å²) in [6.45, 7) is 1.63. The monoisotopic (exact) mass is 335 g/mol. The number of hydrogen-bond acceptors (Lipinski definition) is 2. The smallest absolute Gasteiger partial charge is 0.223 e. The average Bonchev–Trinajstić information content (AvgIpc) is 2.68. The third-order valence-electron chi connectivity index (χ3n) is 5.00. The maximum Gasteiger partial charge on any atom is 0.223 e. The van der Waals surface area contributed by atoms with Crippen molar-refractivity contribution < 1.29 is 9.59 Å². The number of ketones is 1. The zero-order valence-electron chi connectivity index (χ0n) is 14.6. The highest BCUT2D eigenvalue weighted by Gasteiger charge is 2.23. The van der Waals surface area contributed by atoms with Gasteiger partial charge in [0.05, 0.1) is 0 Å². The number of likely N-dealkylation sites (tertiary alicyclic amines) is 1. The first-order chi connectivity index (χ1) is 12.2. The normalized spacial score (nSPS) is 15.1. The Morgan fingerprint density at radius 3 is 2.08 bits per heavy atom. The zero-order chi connectivity index (χ0) is 17.5. The third kappa shape index (κ3) is 5.02. The maximum absolute atomic E-state index is 12.4. The number of carbonyl (C=O) groups excluding carboxylic acids is 2. The number of piperidine rings is 1. The largest absolute Gasteiger partial charge is 0.343 e. The highest BCUT2D eigenvalue weighted by atomic mass is 16.2. The Morgan fingerprint density at radius 1 is 0.840 bits per heavy atom. The molecule has 0 aliphatic carbocycles. The minimum Gasteiger partial charge on any atom is -0.343 e. The lowest BCUT2D eigenvalue weighted by Crippen LogP contribution is -2.39. The molecule has 1 aliphatic rings. The number of amides is 1. The lowest BCUT2D eigenvalue weighted by atomic mass is 9.90. The molecule has 0 saturated carbocycles. The summed E-state index contributed by atoms with van der Waals surface area (Å²) in [7, 11) is 0. The molecule has 3 nitrogen and oxygen atoms in total. The molecule has 1 amide bonds. The summed E-state index contributed by atoms with van der Waals surface area (Å²) in [5, 5.41) is 0. The molecule has 2 aromatic carbocycles. The first-order valence-corrected chi connectivity index (χ1v) is 9.12. The van der Waals surface area contributed by atoms with E-state index in [1.165, 1.54) is 5.56 Å². The van der Waals surface area contributed by atoms with Crippen molar-refractivity contribution in [3.8, 4) is 0 Å². The Hall–Kier alpha value is -2.42. The van der Waals surface area contributed by atoms with Gasteiger partial charge in [0.25, 0.3) is 0 Å². The third-order valence-corrected chi connectivity index (χ3v) is 5.00. The molecule has 0 aromatic heterocycles. The number of Topliss-reactive ketones (excluding diaryl/α,β-unsaturated/α-hetero) is 1. The zero-order valence-corrected chi connectivity index (χ0v) is 14.6. The molecule has 1 fully saturated rings. The molecule has 0 atom stereocenters. The fourth-order valence-electron chi connectivity index (χ4n) is 3.48. The molecule has 130 valence electrons. The summed E-state index contributed by atoms with van der Waals surface area (Å²) in [6, 6.07) is 19.8. The number of carbonyl (C=O) groups is 2. The second-order valence-electron chi connectivity index (χ2n) is 6.80. The highest BCUT2D eigenvalue weighted by molar-refractivity contribution is 5.97. The van der Waals surface area contributed by atoms with Crippen LogP contribution >= 0.6 is 0 Å². The molecule has 3 heteroatoms. The van der Waals surface area contributed by atoms with Crippen LogP contribution in [-0.2, 0) is 11.2 Å². The molecule has 0 bridgehead atoms. The molecule has 1 aliphatic heterocycles. The van der Waals surface area contributed by atoms with E-state index in [1.54, 1.807) is 0 Å². The Labute approximate surface area is 149 Å². The molecule has 0 N–H and O–H groups in total. The van der Waals surface area contributed by atoms with E-state index in [4.69, 9.17) is 0 Å². The van der Waals surface area contributed by atoms with Crippen molar-refractivity contribution in [2.75, 3.05) is 13.1 Å². The van der Waals surface area contributed by atoms with Crippen molar-refractivity contribution in [2.24, 2.45) is 5.92 Å². The van der Waals surface area contributed by atoms with Crippen molar-refractivity contribution >= 4 is 11.7 Å². The van der Waals surface area contributed by atoms with Crippen LogP contribution in [0.15, 0.2) is 60.7 Å². The predicted molar refractivity (Wildman–Crippen MR) is 99.5 cm³/mol. The van der Waals surface area contributed by atoms with Gasteiger partial charge in [-0.2, -0.15) is 0 Å². The van der Waals surface area contributed by atoms with E-state index >= 15 is 0 Å². The average molecular weight is 335 g/mol. The van der Waals surface area contributed by atoms with Gasteiger partial charge in [-0.1, -0.05) is 60.7 Å². The fourth-order valence-corrected chi connectivity index (χ4v) is 3.48. The van der Waals surface area contributed by atoms with Crippen molar-refractivity contribution in [1.82, 2.24) is 4.90 Å². The van der Waals surface area contributed by atoms with Crippen LogP contribution in [0, 0.1) is 5.92 Å². The van der Waals surface area contributed by atoms with E-state index in [1.807, 2.05) is 41.3 Å². The van der Waals surface area contributed by atoms with Crippen LogP contribution in [0.4, 0.5) is 0 Å². The molecule has 0 spiro atoms. The summed E-state index contributed by atoms with van der Waals surface area (Å²) >= 11 is 0. The van der Waals surface area contributed by atoms with Gasteiger partial charge in [-0.3, -0.25) is 9.59 Å². The maximum atomic E-state index is 12.4. The summed E-state index contributed by atoms with van der Waals surface area (Å²) in [6.07, 6.45) is 3.81. The highest BCUT2D eigenvalue weighted by Crippen LogP contribution is 2.22. The Morgan fingerprint density at radius 2 is 1.44 bits per heavy atom. The molecular weight excluding hydrogens is 310 g/mol. The molecule has 25 heavy (non-hydrogen) atoms. The number of nitrogens with zero attached hydrogens (tertiary/aromatic N) is 1. The van der Waals surface area contributed by atoms with Gasteiger partial charge in [0, 0.05) is 31.5 Å². The van der Waals surface area contributed by atoms with Gasteiger partial charge in [0.2, 0.25) is 5.91 Å². The molecule has 0 radical (unpaired) electrons. The van der Waals surface area contributed by atoms with E-state index in [0.717, 1.165) is 32.4 Å². The first-order valence-electron chi connectivity index (χ1n) is 9.12. The minimum atomic E-state index is 0.0490. The van der Waals surface area contributed by atoms with E-state index < -0.39 is 0 Å². The molecular formula is C22H25NO2. The van der Waals surface area contributed by atoms with Crippen molar-refractivity contribution in [3.05, 3.63) is 71.8 Å². The lowest BCUT2D eigenvalue weighted by Gasteiger charge is -2.32. The summed E-state index contributed by atoms with van der Waals surface area (Å²) in [5.41, 5.74) is 2.07. The summed E-state index contributed by atoms with van der Waals surface area (Å²) in [4.78, 5) is 26.4. The van der Waals surface area contributed by atoms with Gasteiger partial charge in [-0.25, -0.2) is 0 Å². The van der Waals surface area contributed by atoms with Gasteiger partial charge in [-0.15, -0.1) is 0 Å². The van der Waals surface area contributed by atoms with Crippen LogP contribution in [0.25, 0.3) is 0 Å². The number of rotatable bonds is 6. The van der Waals surface area contributed by atoms with Gasteiger partial charge in [0.1, 0.15) is 0 Å². The van der Waals surface area contributed by atoms with Crippen LogP contribution in [0.2, 0.25) is 0 Å². The minimum absolute atomic E-state index is 0.0490. The standard InChI is InChI=1S/C22H25NO2/c24-21(20-9-5-2-6-10-20)11-12-22(25)23-15-13-19(14-16-23)17-18-7-3-1-4-8-18/h1-10,19H,11-17H2. The second kappa shape index (κ2) is 8.61. The van der Waals surface area contributed by atoms with Gasteiger partial charge in [0.15, 0.2) is 5.78 Å². The number of benzene rings is 2. The first kappa shape index (κ1) is 17.4. The molecule has 1 heterocycles. The van der Waals surface area contributed by atoms with Gasteiger partial charge in [-0.05, 0) is 30.7 Å². The van der Waals surface area contributed by atoms with Crippen molar-refractivity contribution in [3.63, 3.8) is 0 Å². The Balaban J connectivity index is 1.42. The quantitative estimate of drug-likeness (QED) is 0.744. The molecule has 3 rings (SSSR count). The SMILES string of the molecule is O=C(CCC(=O)N1CCC(Cc2ccccc2)CC1)c1ccccc1. The Bertz CT molecular complexity index is 688. The van der Waals surface area contributed by atoms with Gasteiger partial charge >= 0.3 is 0 Å². The van der Waals surface area contributed by atoms with Crippen molar-refractivity contribution in [1.29, 1.82) is 0 Å². The van der Waals surface area contributed by atoms with Crippen LogP contribution in [0.5, 0.6) is 0 Å². The van der Waals surface area contributed by atoms with Crippen LogP contribution in [0.3, 0.4) is 0 Å². The van der Waals surface area contributed by atoms with E-state index in [9.17, 15) is 9.59 Å². The Kier molecular flexibility index (Phi) is 5.99. The van der Waals surface area contributed by atoms with Crippen LogP contribution < -0.4 is 0 Å². The number of hydrogen-bond donors (Lipinski definition) is 0. The fraction of sp³-hybridized carbons (Fsp3) is 0.364. The van der Waals surface area contributed by atoms with E-state index in [2.05, 4.69) is 24.3 Å². The summed E-state index contributed by atoms with van der Waals surface area (Å²) < 4.78 is 0. The van der Waals surface area contributed by atoms with Crippen LogP contribution in [-0.4, -0.2) is 29.7 Å². The van der Waals surface area contributed by atoms with E-state index in [0.29, 0.717) is 24.3 Å². The van der Waals surface area contributed by atoms with Gasteiger partial charge < -0.3 is 4.90 Å². The molecule has 1 saturated heterocycles. The second-order valence-corrected chi connectivity index (χ2v) is 6.80. The lowest BCUT2D eigenvalue weighted by molar-refractivity contribution is -0.132. The van der Waals surface area contributed by atoms with E-state index in [-0.39, 0.29) is 11.7 Å². The topological polar surface area (TPSA) is 37.4 Å². The molecule has 0 unspecified atom stereocenters. The van der Waals surface area contributed by atoms with Crippen LogP contribution in [0.1, 0.15) is 41.6 Å². The predicted octanol–water partition coefficient (Wildman–Crippen LogP) is 4.13. The molecule has 2 aromatic rings. The summed E-state index contributed by atoms with van der Waals surface area (Å²) in [5.74, 6) is 0.813.